The van der Waals surface area contributed by atoms with Gasteiger partial charge in [0, 0.05) is 0 Å². The minimum absolute atomic E-state index is 0.0621. The van der Waals surface area contributed by atoms with Gasteiger partial charge in [-0.2, -0.15) is 0 Å². The molecule has 0 spiro atoms. The number of hydrazine groups is 1. The van der Waals surface area contributed by atoms with Crippen molar-refractivity contribution in [2.45, 2.75) is 0 Å². The van der Waals surface area contributed by atoms with Crippen LogP contribution in [0.3, 0.4) is 0 Å². The number of halogens is 2. The van der Waals surface area contributed by atoms with Gasteiger partial charge in [0.05, 0.1) is 0 Å². The maximum atomic E-state index is 11.8. The highest BCUT2D eigenvalue weighted by Gasteiger charge is 2.18. The van der Waals surface area contributed by atoms with Crippen molar-refractivity contribution in [3.8, 4) is 11.5 Å². The Morgan fingerprint density at radius 3 is 2.92 bits per heavy atom. The molecule has 0 saturated carbocycles. The van der Waals surface area contributed by atoms with Crippen molar-refractivity contribution in [2.75, 3.05) is 12.2 Å². The molecule has 1 aliphatic heterocycles. The Morgan fingerprint density at radius 1 is 1.31 bits per heavy atom. The molecule has 6 heteroatoms. The number of nitrogens with zero attached hydrogens (tertiary/aromatic N) is 1. The minimum Gasteiger partial charge on any atom is -0.454 e. The van der Waals surface area contributed by atoms with Crippen LogP contribution in [0.25, 0.3) is 0 Å². The first-order chi connectivity index (χ1) is 6.27. The molecule has 0 unspecified atom stereocenters. The molecule has 0 aromatic heterocycles. The lowest BCUT2D eigenvalue weighted by atomic mass is 10.3. The van der Waals surface area contributed by atoms with Crippen molar-refractivity contribution >= 4 is 5.69 Å². The molecule has 0 atom stereocenters. The van der Waals surface area contributed by atoms with Crippen LogP contribution >= 0.6 is 0 Å². The van der Waals surface area contributed by atoms with Gasteiger partial charge in [0.1, 0.15) is 11.1 Å². The number of rotatable bonds is 2. The fraction of sp³-hybridized carbons (Fsp3) is 0.143. The van der Waals surface area contributed by atoms with Crippen LogP contribution in [-0.4, -0.2) is 12.2 Å². The molecule has 13 heavy (non-hydrogen) atoms. The third-order valence-corrected chi connectivity index (χ3v) is 1.60. The van der Waals surface area contributed by atoms with E-state index in [1.165, 1.54) is 6.07 Å². The van der Waals surface area contributed by atoms with Gasteiger partial charge in [-0.05, 0) is 12.1 Å². The van der Waals surface area contributed by atoms with Gasteiger partial charge in [-0.1, -0.05) is 15.0 Å². The molecule has 70 valence electrons. The number of para-hydroxylation sites is 1. The van der Waals surface area contributed by atoms with Gasteiger partial charge in [0.2, 0.25) is 6.79 Å². The Bertz CT molecular complexity index is 319. The molecule has 1 aromatic carbocycles. The summed E-state index contributed by atoms with van der Waals surface area (Å²) >= 11 is 0. The summed E-state index contributed by atoms with van der Waals surface area (Å²) in [6, 6.07) is 4.72. The average Bonchev–Trinajstić information content (AvgIpc) is 2.51. The summed E-state index contributed by atoms with van der Waals surface area (Å²) in [6.07, 6.45) is 0. The van der Waals surface area contributed by atoms with Crippen molar-refractivity contribution in [1.29, 1.82) is 0 Å². The van der Waals surface area contributed by atoms with E-state index in [4.69, 9.17) is 9.47 Å². The number of hydrogen-bond acceptors (Lipinski definition) is 4. The lowest BCUT2D eigenvalue weighted by Gasteiger charge is -2.07. The molecule has 0 radical (unpaired) electrons. The summed E-state index contributed by atoms with van der Waals surface area (Å²) < 4.78 is 33.6. The molecule has 4 nitrogen and oxygen atoms in total. The standard InChI is InChI=1S/C7H6F2N2O2/c8-11(9)10-5-2-1-3-6-7(5)13-4-12-6/h1-3,10H,4H2. The third kappa shape index (κ3) is 1.48. The zero-order valence-corrected chi connectivity index (χ0v) is 6.46. The van der Waals surface area contributed by atoms with Crippen LogP contribution in [0, 0.1) is 0 Å². The van der Waals surface area contributed by atoms with Crippen LogP contribution in [0.4, 0.5) is 14.6 Å². The summed E-state index contributed by atoms with van der Waals surface area (Å²) in [5.41, 5.74) is 0.839. The molecule has 0 fully saturated rings. The molecule has 0 bridgehead atoms. The van der Waals surface area contributed by atoms with Gasteiger partial charge in [-0.15, -0.1) is 0 Å². The Hall–Kier alpha value is -1.56. The van der Waals surface area contributed by atoms with E-state index in [0.717, 1.165) is 0 Å². The molecule has 1 heterocycles. The summed E-state index contributed by atoms with van der Waals surface area (Å²) in [4.78, 5) is 0. The molecule has 2 rings (SSSR count). The van der Waals surface area contributed by atoms with E-state index in [0.29, 0.717) is 11.5 Å². The minimum atomic E-state index is -1.14. The number of ether oxygens (including phenoxy) is 2. The lowest BCUT2D eigenvalue weighted by molar-refractivity contribution is -0.127. The Morgan fingerprint density at radius 2 is 2.15 bits per heavy atom. The van der Waals surface area contributed by atoms with Crippen molar-refractivity contribution in [3.63, 3.8) is 0 Å². The van der Waals surface area contributed by atoms with Crippen LogP contribution in [0.15, 0.2) is 18.2 Å². The molecule has 1 aromatic rings. The first-order valence-electron chi connectivity index (χ1n) is 3.54. The highest BCUT2D eigenvalue weighted by molar-refractivity contribution is 5.63. The highest BCUT2D eigenvalue weighted by atomic mass is 19.4. The Labute approximate surface area is 72.5 Å². The second-order valence-corrected chi connectivity index (χ2v) is 2.38. The predicted octanol–water partition coefficient (Wildman–Crippen LogP) is 1.81. The zero-order chi connectivity index (χ0) is 9.26. The zero-order valence-electron chi connectivity index (χ0n) is 6.46. The monoisotopic (exact) mass is 188 g/mol. The van der Waals surface area contributed by atoms with E-state index in [1.54, 1.807) is 17.6 Å². The fourth-order valence-electron chi connectivity index (χ4n) is 1.11. The van der Waals surface area contributed by atoms with Gasteiger partial charge in [0.25, 0.3) is 0 Å². The summed E-state index contributed by atoms with van der Waals surface area (Å²) in [5, 5.41) is 0. The van der Waals surface area contributed by atoms with E-state index in [9.17, 15) is 8.96 Å². The van der Waals surface area contributed by atoms with Crippen molar-refractivity contribution in [1.82, 2.24) is 5.45 Å². The smallest absolute Gasteiger partial charge is 0.231 e. The molecular weight excluding hydrogens is 182 g/mol. The first kappa shape index (κ1) is 8.06. The van der Waals surface area contributed by atoms with Crippen LogP contribution in [0.5, 0.6) is 11.5 Å². The van der Waals surface area contributed by atoms with E-state index < -0.39 is 5.45 Å². The number of benzene rings is 1. The van der Waals surface area contributed by atoms with E-state index >= 15 is 0 Å². The van der Waals surface area contributed by atoms with Crippen LogP contribution in [0.1, 0.15) is 0 Å². The lowest BCUT2D eigenvalue weighted by Crippen LogP contribution is -2.10. The van der Waals surface area contributed by atoms with Gasteiger partial charge in [-0.25, -0.2) is 0 Å². The Balaban J connectivity index is 2.30. The average molecular weight is 188 g/mol. The summed E-state index contributed by atoms with van der Waals surface area (Å²) in [5.74, 6) is 0.773. The number of hydrogen-bond donors (Lipinski definition) is 1. The third-order valence-electron chi connectivity index (χ3n) is 1.60. The second-order valence-electron chi connectivity index (χ2n) is 2.38. The first-order valence-corrected chi connectivity index (χ1v) is 3.54. The summed E-state index contributed by atoms with van der Waals surface area (Å²) in [6.45, 7) is 0.0621. The van der Waals surface area contributed by atoms with Gasteiger partial charge in [0.15, 0.2) is 11.5 Å². The molecule has 1 N–H and O–H groups in total. The van der Waals surface area contributed by atoms with E-state index in [1.807, 2.05) is 0 Å². The predicted molar refractivity (Wildman–Crippen MR) is 40.2 cm³/mol. The maximum Gasteiger partial charge on any atom is 0.231 e. The second kappa shape index (κ2) is 3.06. The van der Waals surface area contributed by atoms with E-state index in [-0.39, 0.29) is 12.5 Å². The quantitative estimate of drug-likeness (QED) is 0.566. The molecule has 0 amide bonds. The molecule has 1 aliphatic rings. The van der Waals surface area contributed by atoms with Crippen LogP contribution < -0.4 is 14.9 Å². The van der Waals surface area contributed by atoms with Crippen molar-refractivity contribution < 1.29 is 18.4 Å². The van der Waals surface area contributed by atoms with Crippen molar-refractivity contribution in [3.05, 3.63) is 18.2 Å². The number of nitrogens with one attached hydrogen (secondary N) is 1. The van der Waals surface area contributed by atoms with Gasteiger partial charge in [-0.3, -0.25) is 5.43 Å². The molecular formula is C7H6F2N2O2. The topological polar surface area (TPSA) is 33.7 Å². The largest absolute Gasteiger partial charge is 0.454 e. The number of fused-ring (bicyclic) bond motifs is 1. The Kier molecular flexibility index (Phi) is 1.90. The van der Waals surface area contributed by atoms with Crippen molar-refractivity contribution in [2.24, 2.45) is 0 Å². The SMILES string of the molecule is FN(F)Nc1cccc2c1OCO2. The molecule has 0 saturated heterocycles. The van der Waals surface area contributed by atoms with Gasteiger partial charge >= 0.3 is 0 Å². The normalized spacial score (nSPS) is 13.5. The fourth-order valence-corrected chi connectivity index (χ4v) is 1.11. The molecule has 0 aliphatic carbocycles. The maximum absolute atomic E-state index is 11.8. The summed E-state index contributed by atoms with van der Waals surface area (Å²) in [7, 11) is 0. The van der Waals surface area contributed by atoms with Crippen LogP contribution in [0.2, 0.25) is 0 Å². The van der Waals surface area contributed by atoms with Gasteiger partial charge < -0.3 is 9.47 Å². The highest BCUT2D eigenvalue weighted by Crippen LogP contribution is 2.38. The van der Waals surface area contributed by atoms with Crippen LogP contribution in [-0.2, 0) is 0 Å². The van der Waals surface area contributed by atoms with E-state index in [2.05, 4.69) is 0 Å². The number of anilines is 1.